The van der Waals surface area contributed by atoms with Crippen LogP contribution in [0.1, 0.15) is 28.4 Å². The van der Waals surface area contributed by atoms with Crippen LogP contribution in [-0.4, -0.2) is 16.2 Å². The van der Waals surface area contributed by atoms with E-state index in [4.69, 9.17) is 10.2 Å². The number of carboxylic acid groups (broad SMARTS) is 1. The van der Waals surface area contributed by atoms with Crippen molar-refractivity contribution >= 4 is 5.97 Å². The molecule has 2 N–H and O–H groups in total. The molecule has 106 valence electrons. The summed E-state index contributed by atoms with van der Waals surface area (Å²) in [5, 5.41) is 28.6. The van der Waals surface area contributed by atoms with Crippen molar-refractivity contribution in [2.45, 2.75) is 20.3 Å². The van der Waals surface area contributed by atoms with Crippen molar-refractivity contribution in [1.82, 2.24) is 0 Å². The van der Waals surface area contributed by atoms with Gasteiger partial charge in [-0.1, -0.05) is 43.0 Å². The minimum atomic E-state index is -1.27. The van der Waals surface area contributed by atoms with Crippen LogP contribution in [0.25, 0.3) is 0 Å². The Morgan fingerprint density at radius 3 is 2.20 bits per heavy atom. The van der Waals surface area contributed by atoms with E-state index in [1.807, 2.05) is 6.07 Å². The molecule has 0 bridgehead atoms. The summed E-state index contributed by atoms with van der Waals surface area (Å²) in [7, 11) is 0. The summed E-state index contributed by atoms with van der Waals surface area (Å²) in [4.78, 5) is 10.4. The van der Waals surface area contributed by atoms with Gasteiger partial charge in [0.2, 0.25) is 0 Å². The molecule has 0 spiro atoms. The lowest BCUT2D eigenvalue weighted by Gasteiger charge is -2.14. The molecule has 0 aromatic heterocycles. The van der Waals surface area contributed by atoms with E-state index < -0.39 is 11.7 Å². The van der Waals surface area contributed by atoms with Gasteiger partial charge in [-0.3, -0.25) is 0 Å². The molecule has 0 saturated heterocycles. The van der Waals surface area contributed by atoms with Gasteiger partial charge in [0.15, 0.2) is 0 Å². The van der Waals surface area contributed by atoms with Gasteiger partial charge in [0.25, 0.3) is 0 Å². The average Bonchev–Trinajstić information content (AvgIpc) is 2.46. The Bertz CT molecular complexity index is 577. The van der Waals surface area contributed by atoms with Crippen LogP contribution in [0.4, 0.5) is 0 Å². The van der Waals surface area contributed by atoms with Crippen LogP contribution in [-0.2, 0) is 6.42 Å². The normalized spacial score (nSPS) is 9.50. The fourth-order valence-electron chi connectivity index (χ4n) is 1.56. The highest BCUT2D eigenvalue weighted by Gasteiger charge is 2.06. The van der Waals surface area contributed by atoms with Crippen molar-refractivity contribution in [2.75, 3.05) is 0 Å². The molecule has 0 atom stereocenters. The van der Waals surface area contributed by atoms with Crippen LogP contribution in [0.15, 0.2) is 42.5 Å². The third-order valence-corrected chi connectivity index (χ3v) is 2.86. The predicted molar refractivity (Wildman–Crippen MR) is 75.1 cm³/mol. The molecule has 0 saturated carbocycles. The smallest absolute Gasteiger partial charge is 0.335 e. The molecule has 2 aromatic rings. The molecule has 0 heterocycles. The number of rotatable bonds is 2. The van der Waals surface area contributed by atoms with Gasteiger partial charge in [0, 0.05) is 0 Å². The lowest BCUT2D eigenvalue weighted by molar-refractivity contribution is -0.269. The lowest BCUT2D eigenvalue weighted by atomic mass is 10.1. The summed E-state index contributed by atoms with van der Waals surface area (Å²) >= 11 is 0. The zero-order valence-electron chi connectivity index (χ0n) is 11.5. The van der Waals surface area contributed by atoms with E-state index in [0.717, 1.165) is 12.5 Å². The maximum Gasteiger partial charge on any atom is 0.335 e. The third kappa shape index (κ3) is 4.02. The number of aromatic carboxylic acids is 1. The Hall–Kier alpha value is -2.49. The zero-order valence-corrected chi connectivity index (χ0v) is 11.5. The maximum atomic E-state index is 11.1. The number of hydrogen-bond donors (Lipinski definition) is 2. The van der Waals surface area contributed by atoms with Crippen LogP contribution in [0, 0.1) is 6.92 Å². The highest BCUT2D eigenvalue weighted by Crippen LogP contribution is 2.26. The van der Waals surface area contributed by atoms with Crippen molar-refractivity contribution in [2.24, 2.45) is 0 Å². The number of aryl methyl sites for hydroxylation is 1. The Balaban J connectivity index is 0.000000217. The summed E-state index contributed by atoms with van der Waals surface area (Å²) in [6.45, 7) is 3.54. The summed E-state index contributed by atoms with van der Waals surface area (Å²) < 4.78 is 0. The van der Waals surface area contributed by atoms with Crippen LogP contribution in [0.5, 0.6) is 11.5 Å². The number of hydrogen-bond acceptors (Lipinski definition) is 3. The van der Waals surface area contributed by atoms with Crippen molar-refractivity contribution in [3.8, 4) is 11.5 Å². The maximum absolute atomic E-state index is 11.1. The number of carboxylic acids is 1. The van der Waals surface area contributed by atoms with Crippen LogP contribution < -0.4 is 5.11 Å². The Morgan fingerprint density at radius 2 is 1.75 bits per heavy atom. The molecule has 0 amide bonds. The SMILES string of the molecule is CCc1ccccc1.Cc1c(O)ccc(C(=O)O)c1[O-]. The summed E-state index contributed by atoms with van der Waals surface area (Å²) in [5.41, 5.74) is 1.16. The molecule has 4 nitrogen and oxygen atoms in total. The monoisotopic (exact) mass is 273 g/mol. The highest BCUT2D eigenvalue weighted by atomic mass is 16.4. The molecular formula is C16H17O4-. The Morgan fingerprint density at radius 1 is 1.15 bits per heavy atom. The van der Waals surface area contributed by atoms with Gasteiger partial charge in [-0.25, -0.2) is 4.79 Å². The van der Waals surface area contributed by atoms with Crippen LogP contribution >= 0.6 is 0 Å². The highest BCUT2D eigenvalue weighted by molar-refractivity contribution is 5.91. The number of aromatic hydroxyl groups is 1. The fraction of sp³-hybridized carbons (Fsp3) is 0.188. The predicted octanol–water partition coefficient (Wildman–Crippen LogP) is 2.72. The molecule has 0 radical (unpaired) electrons. The van der Waals surface area contributed by atoms with Gasteiger partial charge < -0.3 is 15.3 Å². The minimum absolute atomic E-state index is 0.0647. The molecule has 0 unspecified atom stereocenters. The first-order valence-electron chi connectivity index (χ1n) is 6.24. The topological polar surface area (TPSA) is 80.6 Å². The molecule has 2 aromatic carbocycles. The average molecular weight is 273 g/mol. The molecule has 4 heteroatoms. The van der Waals surface area contributed by atoms with Gasteiger partial charge in [-0.05, 0) is 36.6 Å². The van der Waals surface area contributed by atoms with E-state index in [-0.39, 0.29) is 16.9 Å². The lowest BCUT2D eigenvalue weighted by Crippen LogP contribution is -2.05. The van der Waals surface area contributed by atoms with Gasteiger partial charge in [-0.2, -0.15) is 0 Å². The number of phenols is 1. The summed E-state index contributed by atoms with van der Waals surface area (Å²) in [6, 6.07) is 12.7. The summed E-state index contributed by atoms with van der Waals surface area (Å²) in [5.74, 6) is -2.09. The molecule has 0 fully saturated rings. The molecular weight excluding hydrogens is 256 g/mol. The van der Waals surface area contributed by atoms with Crippen LogP contribution in [0.3, 0.4) is 0 Å². The van der Waals surface area contributed by atoms with E-state index in [1.165, 1.54) is 18.6 Å². The number of phenolic OH excluding ortho intramolecular Hbond substituents is 1. The zero-order chi connectivity index (χ0) is 15.1. The Kier molecular flexibility index (Phi) is 5.59. The Labute approximate surface area is 117 Å². The largest absolute Gasteiger partial charge is 0.872 e. The van der Waals surface area contributed by atoms with E-state index in [1.54, 1.807) is 0 Å². The first kappa shape index (κ1) is 15.6. The second-order valence-electron chi connectivity index (χ2n) is 4.23. The quantitative estimate of drug-likeness (QED) is 0.881. The van der Waals surface area contributed by atoms with Gasteiger partial charge in [-0.15, -0.1) is 0 Å². The van der Waals surface area contributed by atoms with Gasteiger partial charge >= 0.3 is 5.97 Å². The first-order valence-corrected chi connectivity index (χ1v) is 6.24. The minimum Gasteiger partial charge on any atom is -0.872 e. The van der Waals surface area contributed by atoms with Crippen LogP contribution in [0.2, 0.25) is 0 Å². The summed E-state index contributed by atoms with van der Waals surface area (Å²) in [6.07, 6.45) is 1.14. The van der Waals surface area contributed by atoms with E-state index in [9.17, 15) is 9.90 Å². The van der Waals surface area contributed by atoms with Crippen molar-refractivity contribution < 1.29 is 20.1 Å². The van der Waals surface area contributed by atoms with Crippen molar-refractivity contribution in [3.05, 3.63) is 59.2 Å². The molecule has 0 aliphatic carbocycles. The van der Waals surface area contributed by atoms with E-state index >= 15 is 0 Å². The number of carbonyl (C=O) groups is 1. The van der Waals surface area contributed by atoms with E-state index in [2.05, 4.69) is 31.2 Å². The van der Waals surface area contributed by atoms with Gasteiger partial charge in [0.05, 0.1) is 5.56 Å². The van der Waals surface area contributed by atoms with Crippen molar-refractivity contribution in [3.63, 3.8) is 0 Å². The first-order chi connectivity index (χ1) is 9.47. The molecule has 2 rings (SSSR count). The van der Waals surface area contributed by atoms with Gasteiger partial charge in [0.1, 0.15) is 5.75 Å². The number of benzene rings is 2. The molecule has 20 heavy (non-hydrogen) atoms. The second-order valence-corrected chi connectivity index (χ2v) is 4.23. The van der Waals surface area contributed by atoms with E-state index in [0.29, 0.717) is 0 Å². The standard InChI is InChI=1S/C8H8O4.C8H10/c1-4-6(9)3-2-5(7(4)10)8(11)12;1-2-8-6-4-3-5-7-8/h2-3,9-10H,1H3,(H,11,12);3-7H,2H2,1H3/p-1. The molecule has 0 aliphatic rings. The second kappa shape index (κ2) is 7.19. The third-order valence-electron chi connectivity index (χ3n) is 2.86. The fourth-order valence-corrected chi connectivity index (χ4v) is 1.56. The van der Waals surface area contributed by atoms with Crippen molar-refractivity contribution in [1.29, 1.82) is 0 Å². The molecule has 0 aliphatic heterocycles.